The molecule has 26 heavy (non-hydrogen) atoms. The molecule has 1 aromatic carbocycles. The first-order chi connectivity index (χ1) is 12.6. The van der Waals surface area contributed by atoms with Crippen LogP contribution in [-0.4, -0.2) is 52.0 Å². The molecule has 136 valence electrons. The smallest absolute Gasteiger partial charge is 0.328 e. The van der Waals surface area contributed by atoms with Gasteiger partial charge in [-0.1, -0.05) is 18.2 Å². The third-order valence-electron chi connectivity index (χ3n) is 4.77. The molecule has 3 aromatic rings. The molecule has 0 radical (unpaired) electrons. The van der Waals surface area contributed by atoms with E-state index in [1.165, 1.54) is 0 Å². The Balaban J connectivity index is 1.46. The van der Waals surface area contributed by atoms with Crippen molar-refractivity contribution in [3.05, 3.63) is 52.2 Å². The van der Waals surface area contributed by atoms with Crippen molar-refractivity contribution in [3.8, 4) is 0 Å². The van der Waals surface area contributed by atoms with Gasteiger partial charge in [-0.2, -0.15) is 0 Å². The molecule has 1 N–H and O–H groups in total. The van der Waals surface area contributed by atoms with Crippen LogP contribution in [0.4, 0.5) is 0 Å². The minimum absolute atomic E-state index is 0.502. The summed E-state index contributed by atoms with van der Waals surface area (Å²) in [7, 11) is 0. The number of fused-ring (bicyclic) bond motifs is 1. The van der Waals surface area contributed by atoms with Gasteiger partial charge in [0.05, 0.1) is 10.7 Å². The molecule has 3 heterocycles. The number of aromatic nitrogens is 1. The van der Waals surface area contributed by atoms with E-state index in [0.717, 1.165) is 41.3 Å². The van der Waals surface area contributed by atoms with E-state index in [-0.39, 0.29) is 0 Å². The highest BCUT2D eigenvalue weighted by molar-refractivity contribution is 7.09. The zero-order valence-corrected chi connectivity index (χ0v) is 15.4. The zero-order chi connectivity index (χ0) is 18.1. The number of hydrogen-bond acceptors (Lipinski definition) is 6. The van der Waals surface area contributed by atoms with Gasteiger partial charge in [0.25, 0.3) is 0 Å². The molecule has 0 bridgehead atoms. The lowest BCUT2D eigenvalue weighted by Gasteiger charge is -2.36. The van der Waals surface area contributed by atoms with Crippen molar-refractivity contribution in [1.82, 2.24) is 14.8 Å². The lowest BCUT2D eigenvalue weighted by molar-refractivity contribution is -0.145. The van der Waals surface area contributed by atoms with Crippen LogP contribution in [0.5, 0.6) is 0 Å². The van der Waals surface area contributed by atoms with Crippen LogP contribution in [0.25, 0.3) is 11.0 Å². The molecule has 0 aliphatic carbocycles. The van der Waals surface area contributed by atoms with Gasteiger partial charge in [0, 0.05) is 43.5 Å². The molecule has 6 nitrogen and oxygen atoms in total. The van der Waals surface area contributed by atoms with Crippen molar-refractivity contribution in [3.63, 3.8) is 0 Å². The number of furan rings is 1. The van der Waals surface area contributed by atoms with Crippen molar-refractivity contribution in [1.29, 1.82) is 0 Å². The predicted octanol–water partition coefficient (Wildman–Crippen LogP) is 3.14. The van der Waals surface area contributed by atoms with Crippen molar-refractivity contribution >= 4 is 28.3 Å². The molecule has 2 aromatic heterocycles. The zero-order valence-electron chi connectivity index (χ0n) is 14.6. The molecule has 1 saturated heterocycles. The average molecular weight is 371 g/mol. The summed E-state index contributed by atoms with van der Waals surface area (Å²) in [4.78, 5) is 20.8. The number of carbonyl (C=O) groups is 1. The van der Waals surface area contributed by atoms with Crippen molar-refractivity contribution in [2.24, 2.45) is 0 Å². The fourth-order valence-electron chi connectivity index (χ4n) is 3.48. The molecule has 4 rings (SSSR count). The van der Waals surface area contributed by atoms with Crippen molar-refractivity contribution in [2.75, 3.05) is 26.2 Å². The number of aliphatic carboxylic acids is 1. The van der Waals surface area contributed by atoms with Crippen LogP contribution in [0, 0.1) is 6.92 Å². The van der Waals surface area contributed by atoms with Gasteiger partial charge in [0.1, 0.15) is 11.3 Å². The van der Waals surface area contributed by atoms with Crippen LogP contribution in [-0.2, 0) is 11.3 Å². The SMILES string of the molecule is Cc1nc(CN2CCN([C@@H](C(=O)O)c3cc4ccccc4o3)CC2)cs1. The normalized spacial score (nSPS) is 17.6. The molecular weight excluding hydrogens is 350 g/mol. The van der Waals surface area contributed by atoms with Gasteiger partial charge >= 0.3 is 5.97 Å². The topological polar surface area (TPSA) is 69.8 Å². The van der Waals surface area contributed by atoms with Gasteiger partial charge in [-0.25, -0.2) is 4.98 Å². The maximum absolute atomic E-state index is 11.9. The van der Waals surface area contributed by atoms with Crippen LogP contribution < -0.4 is 0 Å². The number of para-hydroxylation sites is 1. The van der Waals surface area contributed by atoms with E-state index in [1.54, 1.807) is 11.3 Å². The molecule has 7 heteroatoms. The number of hydrogen-bond donors (Lipinski definition) is 1. The summed E-state index contributed by atoms with van der Waals surface area (Å²) in [5.74, 6) is -0.366. The van der Waals surface area contributed by atoms with Crippen LogP contribution in [0.3, 0.4) is 0 Å². The van der Waals surface area contributed by atoms with E-state index in [9.17, 15) is 9.90 Å². The number of aryl methyl sites for hydroxylation is 1. The summed E-state index contributed by atoms with van der Waals surface area (Å²) in [6.45, 7) is 5.85. The summed E-state index contributed by atoms with van der Waals surface area (Å²) in [5.41, 5.74) is 1.82. The molecule has 0 unspecified atom stereocenters. The Morgan fingerprint density at radius 3 is 2.73 bits per heavy atom. The van der Waals surface area contributed by atoms with Crippen LogP contribution in [0.1, 0.15) is 22.5 Å². The van der Waals surface area contributed by atoms with E-state index in [1.807, 2.05) is 42.2 Å². The van der Waals surface area contributed by atoms with Crippen LogP contribution in [0.2, 0.25) is 0 Å². The first-order valence-corrected chi connectivity index (χ1v) is 9.57. The third kappa shape index (κ3) is 3.51. The van der Waals surface area contributed by atoms with Gasteiger partial charge < -0.3 is 9.52 Å². The molecule has 0 amide bonds. The molecule has 1 atom stereocenters. The number of carboxylic acid groups (broad SMARTS) is 1. The number of piperazine rings is 1. The second kappa shape index (κ2) is 7.19. The second-order valence-electron chi connectivity index (χ2n) is 6.60. The molecule has 1 aliphatic heterocycles. The van der Waals surface area contributed by atoms with Gasteiger partial charge in [0.2, 0.25) is 0 Å². The number of carboxylic acids is 1. The summed E-state index contributed by atoms with van der Waals surface area (Å²) in [6.07, 6.45) is 0. The Bertz CT molecular complexity index is 879. The summed E-state index contributed by atoms with van der Waals surface area (Å²) < 4.78 is 5.83. The fourth-order valence-corrected chi connectivity index (χ4v) is 4.09. The van der Waals surface area contributed by atoms with E-state index in [4.69, 9.17) is 4.42 Å². The first kappa shape index (κ1) is 17.2. The highest BCUT2D eigenvalue weighted by Gasteiger charge is 2.33. The predicted molar refractivity (Wildman–Crippen MR) is 100 cm³/mol. The van der Waals surface area contributed by atoms with Gasteiger partial charge in [0.15, 0.2) is 6.04 Å². The number of rotatable bonds is 5. The quantitative estimate of drug-likeness (QED) is 0.743. The maximum Gasteiger partial charge on any atom is 0.328 e. The Morgan fingerprint density at radius 2 is 2.08 bits per heavy atom. The standard InChI is InChI=1S/C19H21N3O3S/c1-13-20-15(12-26-13)11-21-6-8-22(9-7-21)18(19(23)24)17-10-14-4-2-3-5-16(14)25-17/h2-5,10,12,18H,6-9,11H2,1H3,(H,23,24)/t18-/m1/s1. The Morgan fingerprint density at radius 1 is 1.31 bits per heavy atom. The van der Waals surface area contributed by atoms with E-state index < -0.39 is 12.0 Å². The molecular formula is C19H21N3O3S. The summed E-state index contributed by atoms with van der Waals surface area (Å²) >= 11 is 1.66. The second-order valence-corrected chi connectivity index (χ2v) is 7.66. The minimum Gasteiger partial charge on any atom is -0.480 e. The Labute approximate surface area is 155 Å². The number of nitrogens with zero attached hydrogens (tertiary/aromatic N) is 3. The highest BCUT2D eigenvalue weighted by atomic mass is 32.1. The van der Waals surface area contributed by atoms with E-state index in [0.29, 0.717) is 18.8 Å². The van der Waals surface area contributed by atoms with E-state index >= 15 is 0 Å². The maximum atomic E-state index is 11.9. The number of benzene rings is 1. The molecule has 1 aliphatic rings. The largest absolute Gasteiger partial charge is 0.480 e. The van der Waals surface area contributed by atoms with E-state index in [2.05, 4.69) is 15.3 Å². The lowest BCUT2D eigenvalue weighted by Crippen LogP contribution is -2.48. The lowest BCUT2D eigenvalue weighted by atomic mass is 10.1. The highest BCUT2D eigenvalue weighted by Crippen LogP contribution is 2.29. The average Bonchev–Trinajstić information content (AvgIpc) is 3.22. The van der Waals surface area contributed by atoms with Crippen LogP contribution >= 0.6 is 11.3 Å². The summed E-state index contributed by atoms with van der Waals surface area (Å²) in [6, 6.07) is 8.73. The van der Waals surface area contributed by atoms with Crippen molar-refractivity contribution < 1.29 is 14.3 Å². The number of thiazole rings is 1. The first-order valence-electron chi connectivity index (χ1n) is 8.69. The van der Waals surface area contributed by atoms with Gasteiger partial charge in [-0.05, 0) is 19.1 Å². The van der Waals surface area contributed by atoms with Gasteiger partial charge in [-0.3, -0.25) is 14.6 Å². The van der Waals surface area contributed by atoms with Crippen molar-refractivity contribution in [2.45, 2.75) is 19.5 Å². The Hall–Kier alpha value is -2.22. The van der Waals surface area contributed by atoms with Gasteiger partial charge in [-0.15, -0.1) is 11.3 Å². The monoisotopic (exact) mass is 371 g/mol. The fraction of sp³-hybridized carbons (Fsp3) is 0.368. The Kier molecular flexibility index (Phi) is 4.76. The molecule has 0 spiro atoms. The summed E-state index contributed by atoms with van der Waals surface area (Å²) in [5, 5.41) is 13.9. The minimum atomic E-state index is -0.868. The third-order valence-corrected chi connectivity index (χ3v) is 5.59. The van der Waals surface area contributed by atoms with Crippen LogP contribution in [0.15, 0.2) is 40.1 Å². The molecule has 0 saturated carbocycles. The molecule has 1 fully saturated rings.